The maximum Gasteiger partial charge on any atom is 0.0178 e. The first kappa shape index (κ1) is 15.4. The Kier molecular flexibility index (Phi) is 6.24. The summed E-state index contributed by atoms with van der Waals surface area (Å²) >= 11 is 5.61. The molecule has 1 N–H and O–H groups in total. The zero-order valence-electron chi connectivity index (χ0n) is 11.9. The Bertz CT molecular complexity index is 408. The van der Waals surface area contributed by atoms with Crippen LogP contribution in [-0.2, 0) is 12.8 Å². The minimum atomic E-state index is 0.640. The highest BCUT2D eigenvalue weighted by atomic mass is 79.9. The molecule has 2 rings (SSSR count). The highest BCUT2D eigenvalue weighted by Gasteiger charge is 2.19. The maximum absolute atomic E-state index is 3.81. The lowest BCUT2D eigenvalue weighted by Crippen LogP contribution is -2.40. The van der Waals surface area contributed by atoms with Crippen LogP contribution in [0.15, 0.2) is 22.7 Å². The van der Waals surface area contributed by atoms with Crippen molar-refractivity contribution in [3.05, 3.63) is 33.8 Å². The monoisotopic (exact) mass is 341 g/mol. The molecule has 106 valence electrons. The Morgan fingerprint density at radius 3 is 3.05 bits per heavy atom. The van der Waals surface area contributed by atoms with E-state index in [1.807, 2.05) is 11.8 Å². The molecule has 0 spiro atoms. The molecule has 0 fully saturated rings. The molecule has 1 aromatic rings. The molecule has 0 heterocycles. The topological polar surface area (TPSA) is 12.0 Å². The van der Waals surface area contributed by atoms with Gasteiger partial charge in [0.1, 0.15) is 0 Å². The summed E-state index contributed by atoms with van der Waals surface area (Å²) in [4.78, 5) is 0. The van der Waals surface area contributed by atoms with Gasteiger partial charge in [-0.2, -0.15) is 11.8 Å². The van der Waals surface area contributed by atoms with E-state index in [0.717, 1.165) is 0 Å². The van der Waals surface area contributed by atoms with Gasteiger partial charge in [0.15, 0.2) is 0 Å². The molecule has 2 unspecified atom stereocenters. The third-order valence-corrected chi connectivity index (χ3v) is 5.24. The van der Waals surface area contributed by atoms with Gasteiger partial charge in [-0.25, -0.2) is 0 Å². The predicted octanol–water partition coefficient (Wildman–Crippen LogP) is 4.43. The SMILES string of the molecule is CCSCCC(C)NC1CCc2cc(Br)ccc2C1. The Hall–Kier alpha value is 0.01000. The summed E-state index contributed by atoms with van der Waals surface area (Å²) in [6, 6.07) is 8.04. The van der Waals surface area contributed by atoms with Gasteiger partial charge in [0, 0.05) is 16.6 Å². The maximum atomic E-state index is 3.81. The van der Waals surface area contributed by atoms with E-state index in [1.54, 1.807) is 0 Å². The van der Waals surface area contributed by atoms with Gasteiger partial charge in [-0.3, -0.25) is 0 Å². The second kappa shape index (κ2) is 7.70. The van der Waals surface area contributed by atoms with Crippen molar-refractivity contribution in [3.8, 4) is 0 Å². The molecule has 0 aliphatic heterocycles. The average Bonchev–Trinajstić information content (AvgIpc) is 2.39. The van der Waals surface area contributed by atoms with Crippen molar-refractivity contribution in [1.82, 2.24) is 5.32 Å². The molecular weight excluding hydrogens is 318 g/mol. The van der Waals surface area contributed by atoms with Crippen LogP contribution in [0.25, 0.3) is 0 Å². The van der Waals surface area contributed by atoms with E-state index in [1.165, 1.54) is 52.8 Å². The highest BCUT2D eigenvalue weighted by Crippen LogP contribution is 2.25. The second-order valence-electron chi connectivity index (χ2n) is 5.41. The summed E-state index contributed by atoms with van der Waals surface area (Å²) in [5.41, 5.74) is 3.06. The third-order valence-electron chi connectivity index (χ3n) is 3.82. The summed E-state index contributed by atoms with van der Waals surface area (Å²) in [6.45, 7) is 4.56. The molecule has 0 bridgehead atoms. The zero-order valence-corrected chi connectivity index (χ0v) is 14.3. The normalized spacial score (nSPS) is 20.1. The predicted molar refractivity (Wildman–Crippen MR) is 90.2 cm³/mol. The van der Waals surface area contributed by atoms with Crippen molar-refractivity contribution in [3.63, 3.8) is 0 Å². The number of aryl methyl sites for hydroxylation is 1. The number of hydrogen-bond acceptors (Lipinski definition) is 2. The minimum Gasteiger partial charge on any atom is -0.311 e. The van der Waals surface area contributed by atoms with Crippen LogP contribution in [0.3, 0.4) is 0 Å². The van der Waals surface area contributed by atoms with Crippen LogP contribution in [0.2, 0.25) is 0 Å². The number of rotatable bonds is 6. The molecule has 0 aromatic heterocycles. The van der Waals surface area contributed by atoms with E-state index in [0.29, 0.717) is 12.1 Å². The van der Waals surface area contributed by atoms with Crippen LogP contribution in [0, 0.1) is 0 Å². The molecule has 2 atom stereocenters. The van der Waals surface area contributed by atoms with Crippen molar-refractivity contribution in [2.75, 3.05) is 11.5 Å². The second-order valence-corrected chi connectivity index (χ2v) is 7.72. The molecule has 1 aliphatic rings. The Labute approximate surface area is 130 Å². The molecule has 0 radical (unpaired) electrons. The molecule has 0 amide bonds. The van der Waals surface area contributed by atoms with Crippen LogP contribution < -0.4 is 5.32 Å². The van der Waals surface area contributed by atoms with Gasteiger partial charge in [0.05, 0.1) is 0 Å². The zero-order chi connectivity index (χ0) is 13.7. The van der Waals surface area contributed by atoms with Gasteiger partial charge in [-0.15, -0.1) is 0 Å². The molecule has 3 heteroatoms. The Balaban J connectivity index is 1.83. The quantitative estimate of drug-likeness (QED) is 0.768. The first-order chi connectivity index (χ1) is 9.19. The van der Waals surface area contributed by atoms with Gasteiger partial charge in [0.2, 0.25) is 0 Å². The molecule has 1 nitrogen and oxygen atoms in total. The number of halogens is 1. The van der Waals surface area contributed by atoms with Gasteiger partial charge >= 0.3 is 0 Å². The fourth-order valence-corrected chi connectivity index (χ4v) is 3.97. The van der Waals surface area contributed by atoms with Crippen molar-refractivity contribution in [2.45, 2.75) is 51.6 Å². The molecule has 1 aliphatic carbocycles. The van der Waals surface area contributed by atoms with E-state index in [2.05, 4.69) is 53.3 Å². The summed E-state index contributed by atoms with van der Waals surface area (Å²) < 4.78 is 1.21. The molecule has 0 saturated carbocycles. The van der Waals surface area contributed by atoms with Gasteiger partial charge in [0.25, 0.3) is 0 Å². The first-order valence-corrected chi connectivity index (χ1v) is 9.25. The van der Waals surface area contributed by atoms with E-state index in [9.17, 15) is 0 Å². The number of hydrogen-bond donors (Lipinski definition) is 1. The Morgan fingerprint density at radius 1 is 1.42 bits per heavy atom. The summed E-state index contributed by atoms with van der Waals surface area (Å²) in [5.74, 6) is 2.51. The number of fused-ring (bicyclic) bond motifs is 1. The first-order valence-electron chi connectivity index (χ1n) is 7.30. The van der Waals surface area contributed by atoms with Crippen molar-refractivity contribution in [2.24, 2.45) is 0 Å². The van der Waals surface area contributed by atoms with Crippen molar-refractivity contribution in [1.29, 1.82) is 0 Å². The average molecular weight is 342 g/mol. The van der Waals surface area contributed by atoms with E-state index in [-0.39, 0.29) is 0 Å². The van der Waals surface area contributed by atoms with Crippen LogP contribution in [0.1, 0.15) is 37.8 Å². The van der Waals surface area contributed by atoms with Crippen LogP contribution in [0.4, 0.5) is 0 Å². The van der Waals surface area contributed by atoms with Gasteiger partial charge in [-0.1, -0.05) is 28.9 Å². The summed E-state index contributed by atoms with van der Waals surface area (Å²) in [6.07, 6.45) is 4.95. The van der Waals surface area contributed by atoms with E-state index >= 15 is 0 Å². The van der Waals surface area contributed by atoms with Crippen LogP contribution in [-0.4, -0.2) is 23.6 Å². The van der Waals surface area contributed by atoms with Gasteiger partial charge in [-0.05, 0) is 67.4 Å². The smallest absolute Gasteiger partial charge is 0.0178 e. The van der Waals surface area contributed by atoms with E-state index in [4.69, 9.17) is 0 Å². The van der Waals surface area contributed by atoms with E-state index < -0.39 is 0 Å². The lowest BCUT2D eigenvalue weighted by Gasteiger charge is -2.28. The highest BCUT2D eigenvalue weighted by molar-refractivity contribution is 9.10. The molecule has 19 heavy (non-hydrogen) atoms. The summed E-state index contributed by atoms with van der Waals surface area (Å²) in [7, 11) is 0. The van der Waals surface area contributed by atoms with Gasteiger partial charge < -0.3 is 5.32 Å². The standard InChI is InChI=1S/C16H24BrNS/c1-3-19-9-8-12(2)18-16-7-5-13-10-15(17)6-4-14(13)11-16/h4,6,10,12,16,18H,3,5,7-9,11H2,1-2H3. The lowest BCUT2D eigenvalue weighted by molar-refractivity contribution is 0.402. The van der Waals surface area contributed by atoms with Crippen LogP contribution in [0.5, 0.6) is 0 Å². The molecule has 0 saturated heterocycles. The lowest BCUT2D eigenvalue weighted by atomic mass is 9.88. The van der Waals surface area contributed by atoms with Crippen molar-refractivity contribution >= 4 is 27.7 Å². The Morgan fingerprint density at radius 2 is 2.26 bits per heavy atom. The fourth-order valence-electron chi connectivity index (χ4n) is 2.76. The largest absolute Gasteiger partial charge is 0.311 e. The number of nitrogens with one attached hydrogen (secondary N) is 1. The molecule has 1 aromatic carbocycles. The van der Waals surface area contributed by atoms with Crippen LogP contribution >= 0.6 is 27.7 Å². The minimum absolute atomic E-state index is 0.640. The third kappa shape index (κ3) is 4.80. The number of benzene rings is 1. The van der Waals surface area contributed by atoms with Crippen molar-refractivity contribution < 1.29 is 0 Å². The fraction of sp³-hybridized carbons (Fsp3) is 0.625. The number of thioether (sulfide) groups is 1. The summed E-state index contributed by atoms with van der Waals surface area (Å²) in [5, 5.41) is 3.81. The molecular formula is C16H24BrNS.